The zero-order chi connectivity index (χ0) is 13.8. The van der Waals surface area contributed by atoms with Gasteiger partial charge in [-0.2, -0.15) is 0 Å². The molecule has 0 fully saturated rings. The standard InChI is InChI=1S/C12H8N4OS3/c17-10(15-11-13-4-5-18-11)8-2-1-3-9(6-8)20-12-16-14-7-19-12/h1-7H,(H,13,15,17). The monoisotopic (exact) mass is 320 g/mol. The summed E-state index contributed by atoms with van der Waals surface area (Å²) in [6.07, 6.45) is 1.65. The Morgan fingerprint density at radius 3 is 3.00 bits per heavy atom. The predicted octanol–water partition coefficient (Wildman–Crippen LogP) is 3.40. The molecule has 0 spiro atoms. The maximum absolute atomic E-state index is 12.1. The lowest BCUT2D eigenvalue weighted by molar-refractivity contribution is 0.102. The summed E-state index contributed by atoms with van der Waals surface area (Å²) in [5, 5.41) is 12.9. The Morgan fingerprint density at radius 2 is 2.25 bits per heavy atom. The third-order valence-electron chi connectivity index (χ3n) is 2.29. The number of nitrogens with zero attached hydrogens (tertiary/aromatic N) is 3. The summed E-state index contributed by atoms with van der Waals surface area (Å²) in [6.45, 7) is 0. The lowest BCUT2D eigenvalue weighted by Gasteiger charge is -2.03. The van der Waals surface area contributed by atoms with Crippen molar-refractivity contribution in [2.24, 2.45) is 0 Å². The number of hydrogen-bond acceptors (Lipinski definition) is 7. The van der Waals surface area contributed by atoms with Crippen LogP contribution >= 0.6 is 34.4 Å². The van der Waals surface area contributed by atoms with Crippen molar-refractivity contribution in [3.05, 3.63) is 46.9 Å². The van der Waals surface area contributed by atoms with Gasteiger partial charge in [0.15, 0.2) is 9.47 Å². The van der Waals surface area contributed by atoms with Crippen molar-refractivity contribution in [2.75, 3.05) is 5.32 Å². The van der Waals surface area contributed by atoms with Crippen LogP contribution in [-0.2, 0) is 0 Å². The number of hydrogen-bond donors (Lipinski definition) is 1. The molecule has 0 bridgehead atoms. The molecule has 0 aliphatic heterocycles. The molecule has 100 valence electrons. The number of carbonyl (C=O) groups is 1. The Kier molecular flexibility index (Phi) is 4.05. The summed E-state index contributed by atoms with van der Waals surface area (Å²) in [5.74, 6) is -0.167. The second-order valence-corrected chi connectivity index (χ2v) is 6.67. The minimum Gasteiger partial charge on any atom is -0.298 e. The van der Waals surface area contributed by atoms with Crippen molar-refractivity contribution in [3.63, 3.8) is 0 Å². The van der Waals surface area contributed by atoms with Crippen LogP contribution in [0.15, 0.2) is 50.6 Å². The summed E-state index contributed by atoms with van der Waals surface area (Å²) in [5.41, 5.74) is 2.27. The zero-order valence-corrected chi connectivity index (χ0v) is 12.5. The van der Waals surface area contributed by atoms with Crippen LogP contribution in [-0.4, -0.2) is 21.1 Å². The second kappa shape index (κ2) is 6.12. The molecule has 0 unspecified atom stereocenters. The first-order valence-electron chi connectivity index (χ1n) is 5.56. The van der Waals surface area contributed by atoms with Crippen molar-refractivity contribution in [3.8, 4) is 0 Å². The van der Waals surface area contributed by atoms with Crippen molar-refractivity contribution < 1.29 is 4.79 Å². The van der Waals surface area contributed by atoms with Crippen molar-refractivity contribution in [1.29, 1.82) is 0 Å². The highest BCUT2D eigenvalue weighted by Gasteiger charge is 2.09. The third kappa shape index (κ3) is 3.21. The number of nitrogens with one attached hydrogen (secondary N) is 1. The van der Waals surface area contributed by atoms with Crippen LogP contribution in [0.3, 0.4) is 0 Å². The maximum Gasteiger partial charge on any atom is 0.257 e. The van der Waals surface area contributed by atoms with Gasteiger partial charge in [-0.05, 0) is 18.2 Å². The number of rotatable bonds is 4. The van der Waals surface area contributed by atoms with E-state index in [9.17, 15) is 4.79 Å². The van der Waals surface area contributed by atoms with Gasteiger partial charge in [-0.1, -0.05) is 29.2 Å². The number of anilines is 1. The van der Waals surface area contributed by atoms with Gasteiger partial charge in [-0.3, -0.25) is 10.1 Å². The molecule has 1 aromatic carbocycles. The maximum atomic E-state index is 12.1. The molecule has 1 amide bonds. The van der Waals surface area contributed by atoms with E-state index in [1.165, 1.54) is 34.4 Å². The Balaban J connectivity index is 1.75. The number of aromatic nitrogens is 3. The molecule has 3 aromatic rings. The third-order valence-corrected chi connectivity index (χ3v) is 4.75. The highest BCUT2D eigenvalue weighted by molar-refractivity contribution is 8.01. The minimum atomic E-state index is -0.167. The molecule has 0 saturated carbocycles. The van der Waals surface area contributed by atoms with E-state index >= 15 is 0 Å². The van der Waals surface area contributed by atoms with Crippen LogP contribution in [0.4, 0.5) is 5.13 Å². The predicted molar refractivity (Wildman–Crippen MR) is 80.5 cm³/mol. The Hall–Kier alpha value is -1.77. The highest BCUT2D eigenvalue weighted by Crippen LogP contribution is 2.29. The van der Waals surface area contributed by atoms with Gasteiger partial charge in [0.2, 0.25) is 0 Å². The van der Waals surface area contributed by atoms with E-state index in [-0.39, 0.29) is 5.91 Å². The molecule has 2 heterocycles. The average molecular weight is 320 g/mol. The summed E-state index contributed by atoms with van der Waals surface area (Å²) in [6, 6.07) is 7.38. The zero-order valence-electron chi connectivity index (χ0n) is 10.0. The molecule has 0 aliphatic carbocycles. The van der Waals surface area contributed by atoms with E-state index in [0.717, 1.165) is 9.24 Å². The summed E-state index contributed by atoms with van der Waals surface area (Å²) in [7, 11) is 0. The number of amides is 1. The minimum absolute atomic E-state index is 0.167. The molecule has 1 N–H and O–H groups in total. The number of benzene rings is 1. The molecule has 3 rings (SSSR count). The van der Waals surface area contributed by atoms with Crippen molar-refractivity contribution in [1.82, 2.24) is 15.2 Å². The van der Waals surface area contributed by atoms with E-state index in [2.05, 4.69) is 20.5 Å². The smallest absolute Gasteiger partial charge is 0.257 e. The fraction of sp³-hybridized carbons (Fsp3) is 0. The van der Waals surface area contributed by atoms with Gasteiger partial charge >= 0.3 is 0 Å². The van der Waals surface area contributed by atoms with Gasteiger partial charge in [-0.25, -0.2) is 4.98 Å². The average Bonchev–Trinajstić information content (AvgIpc) is 3.12. The first-order valence-corrected chi connectivity index (χ1v) is 8.14. The van der Waals surface area contributed by atoms with E-state index < -0.39 is 0 Å². The van der Waals surface area contributed by atoms with Gasteiger partial charge in [0.1, 0.15) is 5.51 Å². The van der Waals surface area contributed by atoms with E-state index in [1.54, 1.807) is 17.8 Å². The topological polar surface area (TPSA) is 67.8 Å². The number of thiazole rings is 1. The van der Waals surface area contributed by atoms with Crippen LogP contribution in [0.5, 0.6) is 0 Å². The van der Waals surface area contributed by atoms with Crippen LogP contribution in [0.2, 0.25) is 0 Å². The Morgan fingerprint density at radius 1 is 1.30 bits per heavy atom. The van der Waals surface area contributed by atoms with E-state index in [4.69, 9.17) is 0 Å². The van der Waals surface area contributed by atoms with E-state index in [0.29, 0.717) is 10.7 Å². The second-order valence-electron chi connectivity index (χ2n) is 3.63. The first kappa shape index (κ1) is 13.2. The van der Waals surface area contributed by atoms with Crippen LogP contribution < -0.4 is 5.32 Å². The van der Waals surface area contributed by atoms with Gasteiger partial charge < -0.3 is 0 Å². The molecule has 0 aliphatic rings. The van der Waals surface area contributed by atoms with Crippen LogP contribution in [0.1, 0.15) is 10.4 Å². The van der Waals surface area contributed by atoms with Crippen molar-refractivity contribution in [2.45, 2.75) is 9.24 Å². The van der Waals surface area contributed by atoms with Gasteiger partial charge in [0.25, 0.3) is 5.91 Å². The fourth-order valence-electron chi connectivity index (χ4n) is 1.46. The molecular weight excluding hydrogens is 312 g/mol. The molecule has 0 radical (unpaired) electrons. The molecule has 2 aromatic heterocycles. The SMILES string of the molecule is O=C(Nc1nccs1)c1cccc(Sc2nncs2)c1. The lowest BCUT2D eigenvalue weighted by Crippen LogP contribution is -2.11. The highest BCUT2D eigenvalue weighted by atomic mass is 32.2. The summed E-state index contributed by atoms with van der Waals surface area (Å²) < 4.78 is 0.850. The Labute approximate surface area is 127 Å². The quantitative estimate of drug-likeness (QED) is 0.798. The largest absolute Gasteiger partial charge is 0.298 e. The van der Waals surface area contributed by atoms with Crippen molar-refractivity contribution >= 4 is 45.5 Å². The summed E-state index contributed by atoms with van der Waals surface area (Å²) in [4.78, 5) is 17.1. The first-order chi connectivity index (χ1) is 9.81. The van der Waals surface area contributed by atoms with Crippen LogP contribution in [0, 0.1) is 0 Å². The van der Waals surface area contributed by atoms with E-state index in [1.807, 2.05) is 23.6 Å². The Bertz CT molecular complexity index is 697. The molecule has 0 atom stereocenters. The number of carbonyl (C=O) groups excluding carboxylic acids is 1. The van der Waals surface area contributed by atoms with Gasteiger partial charge in [0.05, 0.1) is 0 Å². The van der Waals surface area contributed by atoms with Gasteiger partial charge in [-0.15, -0.1) is 21.5 Å². The normalized spacial score (nSPS) is 10.4. The molecule has 0 saturated heterocycles. The fourth-order valence-corrected chi connectivity index (χ4v) is 3.50. The summed E-state index contributed by atoms with van der Waals surface area (Å²) >= 11 is 4.34. The van der Waals surface area contributed by atoms with Gasteiger partial charge in [0, 0.05) is 22.0 Å². The molecule has 20 heavy (non-hydrogen) atoms. The molecular formula is C12H8N4OS3. The molecule has 8 heteroatoms. The van der Waals surface area contributed by atoms with Crippen LogP contribution in [0.25, 0.3) is 0 Å². The lowest BCUT2D eigenvalue weighted by atomic mass is 10.2. The molecule has 5 nitrogen and oxygen atoms in total.